The standard InChI is InChI=1S/C17H22N2O5/c1-3-17(4-2,16(22)23)10-18-14(20)9-13-15(21)19-11-7-5-6-8-12(11)24-13/h5-8,13H,3-4,9-10H2,1-2H3,(H,18,20)(H,19,21)(H,22,23). The van der Waals surface area contributed by atoms with Crippen LogP contribution in [0.5, 0.6) is 5.75 Å². The number of carbonyl (C=O) groups is 3. The summed E-state index contributed by atoms with van der Waals surface area (Å²) >= 11 is 0. The number of fused-ring (bicyclic) bond motifs is 1. The fraction of sp³-hybridized carbons (Fsp3) is 0.471. The zero-order chi connectivity index (χ0) is 17.7. The summed E-state index contributed by atoms with van der Waals surface area (Å²) < 4.78 is 5.56. The molecule has 3 N–H and O–H groups in total. The predicted octanol–water partition coefficient (Wildman–Crippen LogP) is 1.78. The van der Waals surface area contributed by atoms with Crippen molar-refractivity contribution in [3.8, 4) is 5.75 Å². The third kappa shape index (κ3) is 3.67. The Bertz CT molecular complexity index is 640. The van der Waals surface area contributed by atoms with E-state index in [4.69, 9.17) is 4.74 Å². The second-order valence-corrected chi connectivity index (χ2v) is 5.87. The zero-order valence-corrected chi connectivity index (χ0v) is 13.8. The molecule has 0 aromatic heterocycles. The van der Waals surface area contributed by atoms with Crippen molar-refractivity contribution in [3.63, 3.8) is 0 Å². The second kappa shape index (κ2) is 7.33. The van der Waals surface area contributed by atoms with Gasteiger partial charge in [-0.3, -0.25) is 14.4 Å². The van der Waals surface area contributed by atoms with Crippen molar-refractivity contribution in [2.24, 2.45) is 5.41 Å². The Labute approximate surface area is 140 Å². The molecular formula is C17H22N2O5. The first-order valence-electron chi connectivity index (χ1n) is 7.98. The molecule has 1 aromatic rings. The Balaban J connectivity index is 1.95. The van der Waals surface area contributed by atoms with E-state index in [1.165, 1.54) is 0 Å². The Kier molecular flexibility index (Phi) is 5.43. The van der Waals surface area contributed by atoms with Crippen molar-refractivity contribution in [1.82, 2.24) is 5.32 Å². The molecule has 0 aliphatic carbocycles. The summed E-state index contributed by atoms with van der Waals surface area (Å²) in [4.78, 5) is 35.5. The van der Waals surface area contributed by atoms with E-state index in [9.17, 15) is 19.5 Å². The lowest BCUT2D eigenvalue weighted by Gasteiger charge is -2.28. The number of carboxylic acid groups (broad SMARTS) is 1. The number of para-hydroxylation sites is 2. The topological polar surface area (TPSA) is 105 Å². The largest absolute Gasteiger partial charge is 0.481 e. The highest BCUT2D eigenvalue weighted by Gasteiger charge is 2.36. The molecule has 1 aromatic carbocycles. The molecular weight excluding hydrogens is 312 g/mol. The third-order valence-electron chi connectivity index (χ3n) is 4.51. The monoisotopic (exact) mass is 334 g/mol. The minimum Gasteiger partial charge on any atom is -0.481 e. The maximum atomic E-state index is 12.1. The van der Waals surface area contributed by atoms with Crippen LogP contribution in [-0.4, -0.2) is 35.5 Å². The maximum Gasteiger partial charge on any atom is 0.311 e. The molecule has 1 unspecified atom stereocenters. The van der Waals surface area contributed by atoms with E-state index in [2.05, 4.69) is 10.6 Å². The molecule has 7 nitrogen and oxygen atoms in total. The molecule has 130 valence electrons. The molecule has 0 saturated carbocycles. The number of carbonyl (C=O) groups excluding carboxylic acids is 2. The molecule has 24 heavy (non-hydrogen) atoms. The molecule has 7 heteroatoms. The van der Waals surface area contributed by atoms with Crippen molar-refractivity contribution >= 4 is 23.5 Å². The fourth-order valence-electron chi connectivity index (χ4n) is 2.61. The van der Waals surface area contributed by atoms with E-state index in [0.717, 1.165) is 0 Å². The first-order chi connectivity index (χ1) is 11.4. The Morgan fingerprint density at radius 2 is 1.96 bits per heavy atom. The first kappa shape index (κ1) is 17.8. The molecule has 0 fully saturated rings. The zero-order valence-electron chi connectivity index (χ0n) is 13.8. The number of hydrogen-bond donors (Lipinski definition) is 3. The summed E-state index contributed by atoms with van der Waals surface area (Å²) in [5.74, 6) is -1.23. The van der Waals surface area contributed by atoms with Crippen molar-refractivity contribution in [2.45, 2.75) is 39.2 Å². The summed E-state index contributed by atoms with van der Waals surface area (Å²) in [6, 6.07) is 6.98. The van der Waals surface area contributed by atoms with Gasteiger partial charge < -0.3 is 20.5 Å². The van der Waals surface area contributed by atoms with Gasteiger partial charge in [-0.15, -0.1) is 0 Å². The van der Waals surface area contributed by atoms with Gasteiger partial charge in [0.25, 0.3) is 5.91 Å². The highest BCUT2D eigenvalue weighted by atomic mass is 16.5. The van der Waals surface area contributed by atoms with Crippen molar-refractivity contribution in [1.29, 1.82) is 0 Å². The van der Waals surface area contributed by atoms with Crippen LogP contribution in [0.25, 0.3) is 0 Å². The van der Waals surface area contributed by atoms with Gasteiger partial charge in [0.05, 0.1) is 17.5 Å². The van der Waals surface area contributed by atoms with E-state index < -0.39 is 23.4 Å². The van der Waals surface area contributed by atoms with Crippen LogP contribution in [0.1, 0.15) is 33.1 Å². The predicted molar refractivity (Wildman–Crippen MR) is 87.8 cm³/mol. The van der Waals surface area contributed by atoms with E-state index in [0.29, 0.717) is 24.3 Å². The Morgan fingerprint density at radius 3 is 2.58 bits per heavy atom. The molecule has 0 saturated heterocycles. The first-order valence-corrected chi connectivity index (χ1v) is 7.98. The van der Waals surface area contributed by atoms with E-state index >= 15 is 0 Å². The number of hydrogen-bond acceptors (Lipinski definition) is 4. The van der Waals surface area contributed by atoms with Gasteiger partial charge in [-0.05, 0) is 25.0 Å². The SMILES string of the molecule is CCC(CC)(CNC(=O)CC1Oc2ccccc2NC1=O)C(=O)O. The quantitative estimate of drug-likeness (QED) is 0.705. The number of aliphatic carboxylic acids is 1. The minimum absolute atomic E-state index is 0.0269. The highest BCUT2D eigenvalue weighted by molar-refractivity contribution is 6.00. The second-order valence-electron chi connectivity index (χ2n) is 5.87. The van der Waals surface area contributed by atoms with Gasteiger partial charge in [0, 0.05) is 6.54 Å². The Hall–Kier alpha value is -2.57. The fourth-order valence-corrected chi connectivity index (χ4v) is 2.61. The summed E-state index contributed by atoms with van der Waals surface area (Å²) in [5.41, 5.74) is -0.418. The summed E-state index contributed by atoms with van der Waals surface area (Å²) in [7, 11) is 0. The minimum atomic E-state index is -0.988. The van der Waals surface area contributed by atoms with Crippen LogP contribution < -0.4 is 15.4 Å². The molecule has 0 spiro atoms. The molecule has 2 rings (SSSR count). The van der Waals surface area contributed by atoms with Gasteiger partial charge in [-0.25, -0.2) is 0 Å². The van der Waals surface area contributed by atoms with E-state index in [1.807, 2.05) is 0 Å². The lowest BCUT2D eigenvalue weighted by Crippen LogP contribution is -2.45. The molecule has 0 bridgehead atoms. The molecule has 1 aliphatic rings. The highest BCUT2D eigenvalue weighted by Crippen LogP contribution is 2.30. The van der Waals surface area contributed by atoms with Crippen LogP contribution in [0.3, 0.4) is 0 Å². The average Bonchev–Trinajstić information content (AvgIpc) is 2.56. The van der Waals surface area contributed by atoms with Gasteiger partial charge in [0.2, 0.25) is 5.91 Å². The number of benzene rings is 1. The molecule has 1 aliphatic heterocycles. The van der Waals surface area contributed by atoms with Gasteiger partial charge in [0.15, 0.2) is 6.10 Å². The van der Waals surface area contributed by atoms with Crippen molar-refractivity contribution in [3.05, 3.63) is 24.3 Å². The lowest BCUT2D eigenvalue weighted by atomic mass is 9.82. The van der Waals surface area contributed by atoms with Crippen LogP contribution in [0, 0.1) is 5.41 Å². The molecule has 2 amide bonds. The third-order valence-corrected chi connectivity index (χ3v) is 4.51. The number of carboxylic acids is 1. The number of amides is 2. The maximum absolute atomic E-state index is 12.1. The lowest BCUT2D eigenvalue weighted by molar-refractivity contribution is -0.149. The van der Waals surface area contributed by atoms with Gasteiger partial charge in [-0.2, -0.15) is 0 Å². The Morgan fingerprint density at radius 1 is 1.29 bits per heavy atom. The van der Waals surface area contributed by atoms with Crippen LogP contribution in [0.15, 0.2) is 24.3 Å². The van der Waals surface area contributed by atoms with Crippen LogP contribution in [0.4, 0.5) is 5.69 Å². The van der Waals surface area contributed by atoms with Crippen LogP contribution >= 0.6 is 0 Å². The molecule has 0 radical (unpaired) electrons. The van der Waals surface area contributed by atoms with Crippen LogP contribution in [-0.2, 0) is 14.4 Å². The van der Waals surface area contributed by atoms with E-state index in [-0.39, 0.29) is 18.9 Å². The molecule has 1 atom stereocenters. The van der Waals surface area contributed by atoms with Gasteiger partial charge in [0.1, 0.15) is 5.75 Å². The summed E-state index contributed by atoms with van der Waals surface area (Å²) in [5, 5.41) is 14.7. The van der Waals surface area contributed by atoms with Gasteiger partial charge >= 0.3 is 5.97 Å². The smallest absolute Gasteiger partial charge is 0.311 e. The number of nitrogens with one attached hydrogen (secondary N) is 2. The van der Waals surface area contributed by atoms with Gasteiger partial charge in [-0.1, -0.05) is 26.0 Å². The van der Waals surface area contributed by atoms with Crippen molar-refractivity contribution in [2.75, 3.05) is 11.9 Å². The van der Waals surface area contributed by atoms with E-state index in [1.54, 1.807) is 38.1 Å². The summed E-state index contributed by atoms with van der Waals surface area (Å²) in [6.45, 7) is 3.58. The molecule has 1 heterocycles. The number of anilines is 1. The van der Waals surface area contributed by atoms with Crippen molar-refractivity contribution < 1.29 is 24.2 Å². The number of rotatable bonds is 7. The normalized spacial score (nSPS) is 16.6. The van der Waals surface area contributed by atoms with Crippen LogP contribution in [0.2, 0.25) is 0 Å². The summed E-state index contributed by atoms with van der Waals surface area (Å²) in [6.07, 6.45) is -0.272. The average molecular weight is 334 g/mol. The number of ether oxygens (including phenoxy) is 1.